The Balaban J connectivity index is 1.41. The lowest BCUT2D eigenvalue weighted by atomic mass is 10.0. The van der Waals surface area contributed by atoms with Crippen molar-refractivity contribution >= 4 is 17.3 Å². The van der Waals surface area contributed by atoms with Crippen LogP contribution < -0.4 is 10.2 Å². The first-order valence-corrected chi connectivity index (χ1v) is 10.9. The zero-order chi connectivity index (χ0) is 21.2. The van der Waals surface area contributed by atoms with Crippen LogP contribution in [0, 0.1) is 11.3 Å². The number of aromatic nitrogens is 2. The summed E-state index contributed by atoms with van der Waals surface area (Å²) >= 11 is 0. The quantitative estimate of drug-likeness (QED) is 0.638. The van der Waals surface area contributed by atoms with Crippen molar-refractivity contribution in [3.8, 4) is 17.3 Å². The third-order valence-corrected chi connectivity index (χ3v) is 6.03. The Morgan fingerprint density at radius 2 is 1.74 bits per heavy atom. The third-order valence-electron chi connectivity index (χ3n) is 6.03. The van der Waals surface area contributed by atoms with E-state index in [1.165, 1.54) is 24.1 Å². The number of benzene rings is 1. The average Bonchev–Trinajstić information content (AvgIpc) is 3.65. The molecule has 31 heavy (non-hydrogen) atoms. The van der Waals surface area contributed by atoms with Crippen molar-refractivity contribution in [1.82, 2.24) is 9.97 Å². The second-order valence-electron chi connectivity index (χ2n) is 8.38. The van der Waals surface area contributed by atoms with E-state index in [9.17, 15) is 5.11 Å². The topological polar surface area (TPSA) is 85.1 Å². The van der Waals surface area contributed by atoms with Crippen LogP contribution in [0.25, 0.3) is 11.3 Å². The fourth-order valence-corrected chi connectivity index (χ4v) is 4.08. The largest absolute Gasteiger partial charge is 0.393 e. The third kappa shape index (κ3) is 4.52. The van der Waals surface area contributed by atoms with Gasteiger partial charge in [-0.25, -0.2) is 9.97 Å². The van der Waals surface area contributed by atoms with Gasteiger partial charge in [-0.05, 0) is 73.6 Å². The smallest absolute Gasteiger partial charge is 0.132 e. The summed E-state index contributed by atoms with van der Waals surface area (Å²) in [6.07, 6.45) is 5.53. The molecular formula is C25H25N5O. The van der Waals surface area contributed by atoms with Gasteiger partial charge in [0.2, 0.25) is 0 Å². The van der Waals surface area contributed by atoms with E-state index in [1.54, 1.807) is 18.3 Å². The molecule has 0 spiro atoms. The molecule has 5 rings (SSSR count). The van der Waals surface area contributed by atoms with Gasteiger partial charge in [0.1, 0.15) is 11.6 Å². The van der Waals surface area contributed by atoms with Crippen LogP contribution >= 0.6 is 0 Å². The zero-order valence-electron chi connectivity index (χ0n) is 17.3. The molecule has 3 heterocycles. The molecule has 0 bridgehead atoms. The van der Waals surface area contributed by atoms with Crippen LogP contribution in [0.5, 0.6) is 0 Å². The monoisotopic (exact) mass is 411 g/mol. The Morgan fingerprint density at radius 1 is 0.968 bits per heavy atom. The van der Waals surface area contributed by atoms with Crippen molar-refractivity contribution in [1.29, 1.82) is 5.26 Å². The number of nitrogens with zero attached hydrogens (tertiary/aromatic N) is 4. The number of nitrogens with one attached hydrogen (secondary N) is 1. The normalized spacial score (nSPS) is 16.7. The van der Waals surface area contributed by atoms with Crippen LogP contribution in [0.2, 0.25) is 0 Å². The van der Waals surface area contributed by atoms with Crippen molar-refractivity contribution in [3.05, 3.63) is 65.9 Å². The summed E-state index contributed by atoms with van der Waals surface area (Å²) in [6.45, 7) is 1.78. The van der Waals surface area contributed by atoms with Crippen LogP contribution in [-0.2, 0) is 0 Å². The number of aliphatic hydroxyl groups excluding tert-OH is 1. The number of hydrogen-bond donors (Lipinski definition) is 2. The van der Waals surface area contributed by atoms with Gasteiger partial charge in [-0.3, -0.25) is 0 Å². The zero-order valence-corrected chi connectivity index (χ0v) is 17.3. The number of aliphatic hydroxyl groups is 1. The molecule has 2 aromatic heterocycles. The average molecular weight is 412 g/mol. The van der Waals surface area contributed by atoms with Crippen molar-refractivity contribution in [2.75, 3.05) is 23.3 Å². The standard InChI is InChI=1S/C25H25N5O/c26-16-17-7-10-27-24(13-17)29-25-15-20(18-1-2-18)14-23(28-25)19-3-5-21(6-4-19)30-11-8-22(31)9-12-30/h3-7,10,13-15,18,22,31H,1-2,8-9,11-12H2,(H,27,28,29). The molecule has 0 amide bonds. The lowest BCUT2D eigenvalue weighted by Crippen LogP contribution is -2.35. The predicted octanol–water partition coefficient (Wildman–Crippen LogP) is 4.60. The Kier molecular flexibility index (Phi) is 5.27. The van der Waals surface area contributed by atoms with Crippen molar-refractivity contribution in [2.24, 2.45) is 0 Å². The second kappa shape index (κ2) is 8.37. The summed E-state index contributed by atoms with van der Waals surface area (Å²) in [7, 11) is 0. The van der Waals surface area contributed by atoms with Gasteiger partial charge in [0.15, 0.2) is 0 Å². The SMILES string of the molecule is N#Cc1ccnc(Nc2cc(C3CC3)cc(-c3ccc(N4CCC(O)CC4)cc3)n2)c1. The fraction of sp³-hybridized carbons (Fsp3) is 0.320. The highest BCUT2D eigenvalue weighted by Crippen LogP contribution is 2.42. The minimum atomic E-state index is -0.167. The first kappa shape index (κ1) is 19.5. The molecule has 1 aliphatic carbocycles. The number of nitriles is 1. The van der Waals surface area contributed by atoms with Crippen LogP contribution in [0.4, 0.5) is 17.3 Å². The molecule has 1 aliphatic heterocycles. The second-order valence-corrected chi connectivity index (χ2v) is 8.38. The fourth-order valence-electron chi connectivity index (χ4n) is 4.08. The molecule has 2 N–H and O–H groups in total. The number of rotatable bonds is 5. The Hall–Kier alpha value is -3.43. The van der Waals surface area contributed by atoms with Gasteiger partial charge in [-0.15, -0.1) is 0 Å². The molecule has 0 unspecified atom stereocenters. The maximum Gasteiger partial charge on any atom is 0.132 e. The summed E-state index contributed by atoms with van der Waals surface area (Å²) < 4.78 is 0. The van der Waals surface area contributed by atoms with E-state index in [1.807, 2.05) is 0 Å². The van der Waals surface area contributed by atoms with Crippen molar-refractivity contribution in [2.45, 2.75) is 37.7 Å². The maximum absolute atomic E-state index is 9.74. The molecule has 0 atom stereocenters. The molecule has 2 aliphatic rings. The summed E-state index contributed by atoms with van der Waals surface area (Å²) in [5.41, 5.74) is 5.05. The molecule has 2 fully saturated rings. The highest BCUT2D eigenvalue weighted by Gasteiger charge is 2.25. The van der Waals surface area contributed by atoms with Gasteiger partial charge in [0, 0.05) is 30.5 Å². The highest BCUT2D eigenvalue weighted by molar-refractivity contribution is 5.67. The van der Waals surface area contributed by atoms with Crippen molar-refractivity contribution in [3.63, 3.8) is 0 Å². The lowest BCUT2D eigenvalue weighted by molar-refractivity contribution is 0.145. The van der Waals surface area contributed by atoms with Gasteiger partial charge in [0.05, 0.1) is 23.4 Å². The number of pyridine rings is 2. The summed E-state index contributed by atoms with van der Waals surface area (Å²) in [5, 5.41) is 22.2. The maximum atomic E-state index is 9.74. The molecule has 3 aromatic rings. The van der Waals surface area contributed by atoms with E-state index in [2.05, 4.69) is 57.7 Å². The number of anilines is 3. The first-order valence-electron chi connectivity index (χ1n) is 10.9. The summed E-state index contributed by atoms with van der Waals surface area (Å²) in [6, 6.07) is 18.4. The Morgan fingerprint density at radius 3 is 2.45 bits per heavy atom. The van der Waals surface area contributed by atoms with Crippen molar-refractivity contribution < 1.29 is 5.11 Å². The van der Waals surface area contributed by atoms with Crippen LogP contribution in [0.3, 0.4) is 0 Å². The van der Waals surface area contributed by atoms with Gasteiger partial charge in [-0.1, -0.05) is 12.1 Å². The Labute approximate surface area is 182 Å². The Bertz CT molecular complexity index is 1110. The number of hydrogen-bond acceptors (Lipinski definition) is 6. The summed E-state index contributed by atoms with van der Waals surface area (Å²) in [4.78, 5) is 11.5. The van der Waals surface area contributed by atoms with Gasteiger partial charge >= 0.3 is 0 Å². The number of piperidine rings is 1. The van der Waals surface area contributed by atoms with E-state index < -0.39 is 0 Å². The van der Waals surface area contributed by atoms with Gasteiger partial charge in [-0.2, -0.15) is 5.26 Å². The van der Waals surface area contributed by atoms with E-state index in [0.29, 0.717) is 17.3 Å². The molecule has 1 saturated heterocycles. The first-order chi connectivity index (χ1) is 15.2. The molecule has 1 aromatic carbocycles. The molecular weight excluding hydrogens is 386 g/mol. The molecule has 156 valence electrons. The van der Waals surface area contributed by atoms with E-state index in [0.717, 1.165) is 43.0 Å². The minimum Gasteiger partial charge on any atom is -0.393 e. The molecule has 1 saturated carbocycles. The minimum absolute atomic E-state index is 0.167. The van der Waals surface area contributed by atoms with Gasteiger partial charge < -0.3 is 15.3 Å². The van der Waals surface area contributed by atoms with Crippen LogP contribution in [-0.4, -0.2) is 34.3 Å². The molecule has 0 radical (unpaired) electrons. The van der Waals surface area contributed by atoms with E-state index >= 15 is 0 Å². The van der Waals surface area contributed by atoms with E-state index in [4.69, 9.17) is 10.2 Å². The summed E-state index contributed by atoms with van der Waals surface area (Å²) in [5.74, 6) is 1.96. The molecule has 6 heteroatoms. The van der Waals surface area contributed by atoms with E-state index in [-0.39, 0.29) is 6.10 Å². The lowest BCUT2D eigenvalue weighted by Gasteiger charge is -2.31. The van der Waals surface area contributed by atoms with Crippen LogP contribution in [0.1, 0.15) is 42.7 Å². The predicted molar refractivity (Wildman–Crippen MR) is 121 cm³/mol. The van der Waals surface area contributed by atoms with Gasteiger partial charge in [0.25, 0.3) is 0 Å². The highest BCUT2D eigenvalue weighted by atomic mass is 16.3. The van der Waals surface area contributed by atoms with Crippen LogP contribution in [0.15, 0.2) is 54.7 Å². The molecule has 6 nitrogen and oxygen atoms in total.